The molecule has 0 aliphatic carbocycles. The highest BCUT2D eigenvalue weighted by Crippen LogP contribution is 2.30. The Morgan fingerprint density at radius 2 is 1.61 bits per heavy atom. The van der Waals surface area contributed by atoms with Gasteiger partial charge in [0.25, 0.3) is 0 Å². The SMILES string of the molecule is NC(c1ccc(C(F)(F)F)cc1)c1ccnnc1. The van der Waals surface area contributed by atoms with E-state index in [0.717, 1.165) is 12.1 Å². The summed E-state index contributed by atoms with van der Waals surface area (Å²) in [6.45, 7) is 0. The van der Waals surface area contributed by atoms with Gasteiger partial charge >= 0.3 is 6.18 Å². The Labute approximate surface area is 101 Å². The number of hydrogen-bond donors (Lipinski definition) is 1. The van der Waals surface area contributed by atoms with Gasteiger partial charge in [-0.15, -0.1) is 0 Å². The average molecular weight is 253 g/mol. The number of benzene rings is 1. The third kappa shape index (κ3) is 2.65. The first-order valence-electron chi connectivity index (χ1n) is 5.18. The van der Waals surface area contributed by atoms with Crippen LogP contribution in [-0.2, 0) is 6.18 Å². The number of rotatable bonds is 2. The molecule has 3 nitrogen and oxygen atoms in total. The normalized spacial score (nSPS) is 13.3. The molecule has 0 fully saturated rings. The topological polar surface area (TPSA) is 51.8 Å². The van der Waals surface area contributed by atoms with Gasteiger partial charge in [-0.1, -0.05) is 12.1 Å². The second kappa shape index (κ2) is 4.73. The van der Waals surface area contributed by atoms with E-state index in [1.165, 1.54) is 24.5 Å². The first-order valence-corrected chi connectivity index (χ1v) is 5.18. The Morgan fingerprint density at radius 3 is 2.11 bits per heavy atom. The molecular formula is C12H10F3N3. The van der Waals surface area contributed by atoms with E-state index < -0.39 is 17.8 Å². The highest BCUT2D eigenvalue weighted by molar-refractivity contribution is 5.32. The van der Waals surface area contributed by atoms with Crippen LogP contribution in [0.5, 0.6) is 0 Å². The summed E-state index contributed by atoms with van der Waals surface area (Å²) in [6.07, 6.45) is -1.36. The van der Waals surface area contributed by atoms with Crippen molar-refractivity contribution in [1.82, 2.24) is 10.2 Å². The van der Waals surface area contributed by atoms with E-state index in [1.54, 1.807) is 6.07 Å². The van der Waals surface area contributed by atoms with E-state index in [0.29, 0.717) is 11.1 Å². The molecule has 1 aromatic carbocycles. The maximum atomic E-state index is 12.4. The number of aromatic nitrogens is 2. The molecule has 0 radical (unpaired) electrons. The summed E-state index contributed by atoms with van der Waals surface area (Å²) in [5.41, 5.74) is 6.53. The summed E-state index contributed by atoms with van der Waals surface area (Å²) in [5, 5.41) is 7.29. The number of alkyl halides is 3. The van der Waals surface area contributed by atoms with Gasteiger partial charge in [0.1, 0.15) is 0 Å². The lowest BCUT2D eigenvalue weighted by Gasteiger charge is -2.13. The molecule has 2 aromatic rings. The molecule has 1 aromatic heterocycles. The monoisotopic (exact) mass is 253 g/mol. The first-order chi connectivity index (χ1) is 8.48. The van der Waals surface area contributed by atoms with Crippen molar-refractivity contribution >= 4 is 0 Å². The van der Waals surface area contributed by atoms with Gasteiger partial charge in [-0.05, 0) is 29.3 Å². The van der Waals surface area contributed by atoms with E-state index in [9.17, 15) is 13.2 Å². The lowest BCUT2D eigenvalue weighted by atomic mass is 10.0. The fraction of sp³-hybridized carbons (Fsp3) is 0.167. The average Bonchev–Trinajstić information content (AvgIpc) is 2.38. The molecule has 0 saturated carbocycles. The van der Waals surface area contributed by atoms with Crippen LogP contribution in [0, 0.1) is 0 Å². The zero-order valence-corrected chi connectivity index (χ0v) is 9.22. The van der Waals surface area contributed by atoms with Gasteiger partial charge in [-0.25, -0.2) is 0 Å². The number of hydrogen-bond acceptors (Lipinski definition) is 3. The maximum Gasteiger partial charge on any atom is 0.416 e. The molecule has 1 unspecified atom stereocenters. The van der Waals surface area contributed by atoms with E-state index in [4.69, 9.17) is 5.73 Å². The minimum absolute atomic E-state index is 0.511. The van der Waals surface area contributed by atoms with Crippen LogP contribution in [0.4, 0.5) is 13.2 Å². The van der Waals surface area contributed by atoms with Crippen LogP contribution in [0.15, 0.2) is 42.7 Å². The molecule has 6 heteroatoms. The van der Waals surface area contributed by atoms with Crippen molar-refractivity contribution in [2.45, 2.75) is 12.2 Å². The minimum Gasteiger partial charge on any atom is -0.320 e. The molecule has 2 rings (SSSR count). The summed E-state index contributed by atoms with van der Waals surface area (Å²) >= 11 is 0. The van der Waals surface area contributed by atoms with Crippen LogP contribution in [0.2, 0.25) is 0 Å². The zero-order chi connectivity index (χ0) is 13.2. The van der Waals surface area contributed by atoms with Crippen LogP contribution in [0.1, 0.15) is 22.7 Å². The second-order valence-electron chi connectivity index (χ2n) is 3.77. The fourth-order valence-electron chi connectivity index (χ4n) is 1.56. The van der Waals surface area contributed by atoms with Gasteiger partial charge in [0, 0.05) is 6.20 Å². The number of nitrogens with zero attached hydrogens (tertiary/aromatic N) is 2. The third-order valence-corrected chi connectivity index (χ3v) is 2.56. The lowest BCUT2D eigenvalue weighted by molar-refractivity contribution is -0.137. The van der Waals surface area contributed by atoms with Crippen molar-refractivity contribution in [2.24, 2.45) is 5.73 Å². The molecule has 1 heterocycles. The summed E-state index contributed by atoms with van der Waals surface area (Å²) in [7, 11) is 0. The first kappa shape index (κ1) is 12.5. The molecule has 1 atom stereocenters. The van der Waals surface area contributed by atoms with E-state index in [-0.39, 0.29) is 0 Å². The van der Waals surface area contributed by atoms with E-state index >= 15 is 0 Å². The maximum absolute atomic E-state index is 12.4. The molecule has 0 spiro atoms. The molecule has 0 bridgehead atoms. The fourth-order valence-corrected chi connectivity index (χ4v) is 1.56. The Bertz CT molecular complexity index is 508. The predicted molar refractivity (Wildman–Crippen MR) is 59.5 cm³/mol. The van der Waals surface area contributed by atoms with Crippen LogP contribution < -0.4 is 5.73 Å². The van der Waals surface area contributed by atoms with Crippen molar-refractivity contribution in [1.29, 1.82) is 0 Å². The second-order valence-corrected chi connectivity index (χ2v) is 3.77. The van der Waals surface area contributed by atoms with Gasteiger partial charge in [-0.3, -0.25) is 0 Å². The van der Waals surface area contributed by atoms with Crippen LogP contribution in [-0.4, -0.2) is 10.2 Å². The minimum atomic E-state index is -4.33. The number of nitrogens with two attached hydrogens (primary N) is 1. The van der Waals surface area contributed by atoms with Crippen molar-refractivity contribution in [2.75, 3.05) is 0 Å². The Hall–Kier alpha value is -1.95. The highest BCUT2D eigenvalue weighted by Gasteiger charge is 2.30. The summed E-state index contributed by atoms with van der Waals surface area (Å²) in [6, 6.07) is 5.94. The molecule has 0 aliphatic rings. The Balaban J connectivity index is 2.25. The standard InChI is InChI=1S/C12H10F3N3/c13-12(14,15)10-3-1-8(2-4-10)11(16)9-5-6-17-18-7-9/h1-7,11H,16H2. The van der Waals surface area contributed by atoms with E-state index in [2.05, 4.69) is 10.2 Å². The summed E-state index contributed by atoms with van der Waals surface area (Å²) in [4.78, 5) is 0. The van der Waals surface area contributed by atoms with Crippen molar-refractivity contribution < 1.29 is 13.2 Å². The molecule has 0 saturated heterocycles. The van der Waals surface area contributed by atoms with Gasteiger partial charge in [0.05, 0.1) is 17.8 Å². The molecular weight excluding hydrogens is 243 g/mol. The molecule has 2 N–H and O–H groups in total. The van der Waals surface area contributed by atoms with Crippen LogP contribution in [0.25, 0.3) is 0 Å². The zero-order valence-electron chi connectivity index (χ0n) is 9.22. The highest BCUT2D eigenvalue weighted by atomic mass is 19.4. The van der Waals surface area contributed by atoms with E-state index in [1.807, 2.05) is 0 Å². The van der Waals surface area contributed by atoms with Crippen LogP contribution >= 0.6 is 0 Å². The molecule has 18 heavy (non-hydrogen) atoms. The summed E-state index contributed by atoms with van der Waals surface area (Å²) < 4.78 is 37.2. The molecule has 0 amide bonds. The quantitative estimate of drug-likeness (QED) is 0.894. The third-order valence-electron chi connectivity index (χ3n) is 2.56. The Kier molecular flexibility index (Phi) is 3.29. The van der Waals surface area contributed by atoms with Crippen molar-refractivity contribution in [3.05, 3.63) is 59.4 Å². The van der Waals surface area contributed by atoms with Crippen molar-refractivity contribution in [3.8, 4) is 0 Å². The van der Waals surface area contributed by atoms with Gasteiger partial charge in [0.15, 0.2) is 0 Å². The molecule has 94 valence electrons. The van der Waals surface area contributed by atoms with Gasteiger partial charge < -0.3 is 5.73 Å². The smallest absolute Gasteiger partial charge is 0.320 e. The van der Waals surface area contributed by atoms with Gasteiger partial charge in [0.2, 0.25) is 0 Å². The molecule has 0 aliphatic heterocycles. The largest absolute Gasteiger partial charge is 0.416 e. The Morgan fingerprint density at radius 1 is 0.944 bits per heavy atom. The lowest BCUT2D eigenvalue weighted by Crippen LogP contribution is -2.13. The van der Waals surface area contributed by atoms with Crippen molar-refractivity contribution in [3.63, 3.8) is 0 Å². The summed E-state index contributed by atoms with van der Waals surface area (Å²) in [5.74, 6) is 0. The number of halogens is 3. The van der Waals surface area contributed by atoms with Crippen LogP contribution in [0.3, 0.4) is 0 Å². The van der Waals surface area contributed by atoms with Gasteiger partial charge in [-0.2, -0.15) is 23.4 Å². The predicted octanol–water partition coefficient (Wildman–Crippen LogP) is 2.54.